The summed E-state index contributed by atoms with van der Waals surface area (Å²) >= 11 is 0. The lowest BCUT2D eigenvalue weighted by molar-refractivity contribution is 1.64. The van der Waals surface area contributed by atoms with Crippen LogP contribution in [-0.2, 0) is 0 Å². The Balaban J connectivity index is 1.73. The summed E-state index contributed by atoms with van der Waals surface area (Å²) in [5.41, 5.74) is 5.12. The van der Waals surface area contributed by atoms with Crippen molar-refractivity contribution in [3.63, 3.8) is 0 Å². The standard InChI is InChI=1S/C30H20/c1-2-11-24-20-25(17-16-21(24)8-1)28-19-18-23-10-4-6-14-27(23)30(28)29-15-7-12-22-9-3-5-13-26(22)29/h1-20H. The van der Waals surface area contributed by atoms with E-state index in [0.29, 0.717) is 0 Å². The monoisotopic (exact) mass is 380 g/mol. The largest absolute Gasteiger partial charge is 0.0616 e. The molecule has 0 heterocycles. The lowest BCUT2D eigenvalue weighted by atomic mass is 9.87. The molecular weight excluding hydrogens is 360 g/mol. The number of rotatable bonds is 2. The Bertz CT molecular complexity index is 1530. The number of hydrogen-bond donors (Lipinski definition) is 0. The summed E-state index contributed by atoms with van der Waals surface area (Å²) in [7, 11) is 0. The van der Waals surface area contributed by atoms with E-state index < -0.39 is 0 Å². The summed E-state index contributed by atoms with van der Waals surface area (Å²) in [5.74, 6) is 0. The molecule has 0 saturated heterocycles. The van der Waals surface area contributed by atoms with Crippen LogP contribution in [0.1, 0.15) is 0 Å². The molecule has 0 heteroatoms. The van der Waals surface area contributed by atoms with Crippen LogP contribution in [0.15, 0.2) is 121 Å². The van der Waals surface area contributed by atoms with Gasteiger partial charge in [-0.15, -0.1) is 0 Å². The van der Waals surface area contributed by atoms with E-state index in [1.54, 1.807) is 0 Å². The molecule has 30 heavy (non-hydrogen) atoms. The van der Waals surface area contributed by atoms with E-state index in [-0.39, 0.29) is 0 Å². The van der Waals surface area contributed by atoms with Crippen LogP contribution in [0, 0.1) is 0 Å². The van der Waals surface area contributed by atoms with Gasteiger partial charge in [-0.3, -0.25) is 0 Å². The van der Waals surface area contributed by atoms with Gasteiger partial charge in [-0.1, -0.05) is 115 Å². The average molecular weight is 380 g/mol. The molecule has 0 bridgehead atoms. The molecule has 0 aliphatic carbocycles. The van der Waals surface area contributed by atoms with Crippen molar-refractivity contribution in [1.82, 2.24) is 0 Å². The molecule has 0 aliphatic heterocycles. The minimum Gasteiger partial charge on any atom is -0.0616 e. The Morgan fingerprint density at radius 2 is 0.933 bits per heavy atom. The molecule has 0 atom stereocenters. The second-order valence-corrected chi connectivity index (χ2v) is 7.80. The summed E-state index contributed by atoms with van der Waals surface area (Å²) in [6.07, 6.45) is 0. The molecule has 0 saturated carbocycles. The van der Waals surface area contributed by atoms with Gasteiger partial charge in [0.25, 0.3) is 0 Å². The molecule has 140 valence electrons. The fraction of sp³-hybridized carbons (Fsp3) is 0. The first kappa shape index (κ1) is 17.0. The van der Waals surface area contributed by atoms with Crippen molar-refractivity contribution in [2.75, 3.05) is 0 Å². The molecule has 6 rings (SSSR count). The molecule has 0 aliphatic rings. The topological polar surface area (TPSA) is 0 Å². The Morgan fingerprint density at radius 3 is 1.77 bits per heavy atom. The van der Waals surface area contributed by atoms with E-state index >= 15 is 0 Å². The van der Waals surface area contributed by atoms with Crippen molar-refractivity contribution in [3.8, 4) is 22.3 Å². The third-order valence-corrected chi connectivity index (χ3v) is 6.05. The first-order valence-corrected chi connectivity index (χ1v) is 10.4. The summed E-state index contributed by atoms with van der Waals surface area (Å²) in [4.78, 5) is 0. The van der Waals surface area contributed by atoms with Crippen molar-refractivity contribution in [1.29, 1.82) is 0 Å². The summed E-state index contributed by atoms with van der Waals surface area (Å²) in [6.45, 7) is 0. The van der Waals surface area contributed by atoms with Gasteiger partial charge in [0, 0.05) is 0 Å². The minimum atomic E-state index is 1.25. The number of hydrogen-bond acceptors (Lipinski definition) is 0. The zero-order valence-electron chi connectivity index (χ0n) is 16.5. The van der Waals surface area contributed by atoms with Gasteiger partial charge in [-0.25, -0.2) is 0 Å². The van der Waals surface area contributed by atoms with E-state index in [1.165, 1.54) is 54.6 Å². The average Bonchev–Trinajstić information content (AvgIpc) is 2.83. The van der Waals surface area contributed by atoms with E-state index in [9.17, 15) is 0 Å². The third kappa shape index (κ3) is 2.69. The summed E-state index contributed by atoms with van der Waals surface area (Å²) in [6, 6.07) is 43.9. The SMILES string of the molecule is c1ccc2cc(-c3ccc4ccccc4c3-c3cccc4ccccc34)ccc2c1. The van der Waals surface area contributed by atoms with Gasteiger partial charge < -0.3 is 0 Å². The van der Waals surface area contributed by atoms with Gasteiger partial charge in [-0.2, -0.15) is 0 Å². The van der Waals surface area contributed by atoms with Gasteiger partial charge in [0.1, 0.15) is 0 Å². The molecule has 6 aromatic rings. The predicted octanol–water partition coefficient (Wildman–Crippen LogP) is 8.48. The molecule has 0 spiro atoms. The fourth-order valence-corrected chi connectivity index (χ4v) is 4.60. The number of fused-ring (bicyclic) bond motifs is 3. The van der Waals surface area contributed by atoms with Crippen LogP contribution in [0.5, 0.6) is 0 Å². The smallest absolute Gasteiger partial charge is 0.00206 e. The van der Waals surface area contributed by atoms with Crippen molar-refractivity contribution in [2.24, 2.45) is 0 Å². The maximum absolute atomic E-state index is 2.31. The highest BCUT2D eigenvalue weighted by Gasteiger charge is 2.14. The Hall–Kier alpha value is -3.90. The molecular formula is C30H20. The maximum atomic E-state index is 2.31. The number of benzene rings is 6. The van der Waals surface area contributed by atoms with Gasteiger partial charge in [0.15, 0.2) is 0 Å². The quantitative estimate of drug-likeness (QED) is 0.282. The van der Waals surface area contributed by atoms with Gasteiger partial charge in [0.05, 0.1) is 0 Å². The van der Waals surface area contributed by atoms with Crippen LogP contribution >= 0.6 is 0 Å². The molecule has 0 aromatic heterocycles. The van der Waals surface area contributed by atoms with Gasteiger partial charge >= 0.3 is 0 Å². The highest BCUT2D eigenvalue weighted by atomic mass is 14.2. The molecule has 0 nitrogen and oxygen atoms in total. The minimum absolute atomic E-state index is 1.25. The lowest BCUT2D eigenvalue weighted by Crippen LogP contribution is -1.90. The molecule has 6 aromatic carbocycles. The normalized spacial score (nSPS) is 11.3. The third-order valence-electron chi connectivity index (χ3n) is 6.05. The van der Waals surface area contributed by atoms with E-state index in [2.05, 4.69) is 121 Å². The van der Waals surface area contributed by atoms with Crippen molar-refractivity contribution in [3.05, 3.63) is 121 Å². The van der Waals surface area contributed by atoms with Gasteiger partial charge in [0.2, 0.25) is 0 Å². The lowest BCUT2D eigenvalue weighted by Gasteiger charge is -2.16. The van der Waals surface area contributed by atoms with Crippen molar-refractivity contribution < 1.29 is 0 Å². The summed E-state index contributed by atoms with van der Waals surface area (Å²) in [5, 5.41) is 7.66. The summed E-state index contributed by atoms with van der Waals surface area (Å²) < 4.78 is 0. The van der Waals surface area contributed by atoms with Crippen LogP contribution in [0.4, 0.5) is 0 Å². The molecule has 0 radical (unpaired) electrons. The van der Waals surface area contributed by atoms with Gasteiger partial charge in [-0.05, 0) is 60.6 Å². The Morgan fingerprint density at radius 1 is 0.333 bits per heavy atom. The van der Waals surface area contributed by atoms with Crippen molar-refractivity contribution >= 4 is 32.3 Å². The molecule has 0 N–H and O–H groups in total. The van der Waals surface area contributed by atoms with Crippen LogP contribution in [-0.4, -0.2) is 0 Å². The highest BCUT2D eigenvalue weighted by molar-refractivity contribution is 6.11. The molecule has 0 amide bonds. The zero-order chi connectivity index (χ0) is 19.9. The second kappa shape index (κ2) is 6.86. The van der Waals surface area contributed by atoms with Crippen LogP contribution in [0.3, 0.4) is 0 Å². The highest BCUT2D eigenvalue weighted by Crippen LogP contribution is 2.41. The second-order valence-electron chi connectivity index (χ2n) is 7.80. The molecule has 0 unspecified atom stereocenters. The van der Waals surface area contributed by atoms with E-state index in [0.717, 1.165) is 0 Å². The first-order valence-electron chi connectivity index (χ1n) is 10.4. The van der Waals surface area contributed by atoms with Crippen LogP contribution < -0.4 is 0 Å². The van der Waals surface area contributed by atoms with E-state index in [4.69, 9.17) is 0 Å². The zero-order valence-corrected chi connectivity index (χ0v) is 16.5. The molecule has 0 fully saturated rings. The Kier molecular flexibility index (Phi) is 3.89. The van der Waals surface area contributed by atoms with Crippen molar-refractivity contribution in [2.45, 2.75) is 0 Å². The fourth-order valence-electron chi connectivity index (χ4n) is 4.60. The predicted molar refractivity (Wildman–Crippen MR) is 130 cm³/mol. The Labute approximate surface area is 176 Å². The van der Waals surface area contributed by atoms with E-state index in [1.807, 2.05) is 0 Å². The first-order chi connectivity index (χ1) is 14.9. The maximum Gasteiger partial charge on any atom is -0.00206 e. The van der Waals surface area contributed by atoms with Crippen LogP contribution in [0.2, 0.25) is 0 Å². The van der Waals surface area contributed by atoms with Crippen LogP contribution in [0.25, 0.3) is 54.6 Å².